The molecule has 0 saturated heterocycles. The van der Waals surface area contributed by atoms with Gasteiger partial charge in [-0.1, -0.05) is 41.5 Å². The van der Waals surface area contributed by atoms with Crippen LogP contribution in [0.3, 0.4) is 0 Å². The second-order valence-electron chi connectivity index (χ2n) is 14.5. The molecule has 0 aliphatic heterocycles. The summed E-state index contributed by atoms with van der Waals surface area (Å²) in [4.78, 5) is 126. The molecule has 0 heterocycles. The number of carboxylic acid groups (broad SMARTS) is 2. The minimum Gasteiger partial charge on any atom is -0.481 e. The molecule has 0 aromatic heterocycles. The van der Waals surface area contributed by atoms with E-state index in [9.17, 15) is 53.1 Å². The van der Waals surface area contributed by atoms with Crippen LogP contribution in [-0.4, -0.2) is 112 Å². The highest BCUT2D eigenvalue weighted by Crippen LogP contribution is 2.10. The number of nitrogens with one attached hydrogen (secondary N) is 6. The Kier molecular flexibility index (Phi) is 21.8. The summed E-state index contributed by atoms with van der Waals surface area (Å²) in [5, 5.41) is 32.8. The van der Waals surface area contributed by atoms with Gasteiger partial charge in [-0.15, -0.1) is 0 Å². The molecule has 0 spiro atoms. The van der Waals surface area contributed by atoms with Crippen molar-refractivity contribution < 1.29 is 58.2 Å². The second-order valence-corrected chi connectivity index (χ2v) is 14.5. The van der Waals surface area contributed by atoms with Crippen LogP contribution in [-0.2, 0) is 47.9 Å². The molecule has 0 unspecified atom stereocenters. The number of nitrogens with two attached hydrogens (primary N) is 3. The molecule has 0 bridgehead atoms. The molecular weight excluding hydrogens is 726 g/mol. The molecule has 21 nitrogen and oxygen atoms in total. The summed E-state index contributed by atoms with van der Waals surface area (Å²) in [5.74, 6) is -10.8. The predicted octanol–water partition coefficient (Wildman–Crippen LogP) is -2.92. The van der Waals surface area contributed by atoms with Crippen LogP contribution in [0.2, 0.25) is 0 Å². The number of carbonyl (C=O) groups excluding carboxylic acids is 8. The van der Waals surface area contributed by atoms with Crippen molar-refractivity contribution in [3.63, 3.8) is 0 Å². The SMILES string of the molecule is CC(C)C[C@H](NC(=O)[C@H](C)NC(=O)[C@H](CC(C)C)NC(=O)[C@H](CCC(N)=O)NC(=O)[C@H](CC(N)=O)NC(=O)[C@H](CCC(=O)O)NC(=O)[C@@H](N)C(C)C)C(=O)O. The molecule has 312 valence electrons. The molecule has 0 rings (SSSR count). The second kappa shape index (κ2) is 24.1. The Labute approximate surface area is 319 Å². The number of aliphatic carboxylic acids is 2. The zero-order chi connectivity index (χ0) is 42.7. The van der Waals surface area contributed by atoms with Crippen LogP contribution in [0.15, 0.2) is 0 Å². The number of hydrogen-bond donors (Lipinski definition) is 11. The van der Waals surface area contributed by atoms with Gasteiger partial charge in [0.1, 0.15) is 36.3 Å². The van der Waals surface area contributed by atoms with Gasteiger partial charge >= 0.3 is 11.9 Å². The van der Waals surface area contributed by atoms with Gasteiger partial charge in [0.2, 0.25) is 47.3 Å². The number of amides is 8. The third kappa shape index (κ3) is 20.1. The highest BCUT2D eigenvalue weighted by atomic mass is 16.4. The molecular formula is C34H59N9O12. The maximum absolute atomic E-state index is 13.6. The summed E-state index contributed by atoms with van der Waals surface area (Å²) in [6.07, 6.45) is -2.51. The summed E-state index contributed by atoms with van der Waals surface area (Å²) in [5.41, 5.74) is 16.4. The number of carboxylic acids is 2. The van der Waals surface area contributed by atoms with E-state index in [1.807, 2.05) is 0 Å². The van der Waals surface area contributed by atoms with Crippen LogP contribution >= 0.6 is 0 Å². The Bertz CT molecular complexity index is 1400. The van der Waals surface area contributed by atoms with Crippen LogP contribution in [0.5, 0.6) is 0 Å². The number of carbonyl (C=O) groups is 10. The van der Waals surface area contributed by atoms with Crippen molar-refractivity contribution in [2.45, 2.75) is 136 Å². The van der Waals surface area contributed by atoms with E-state index in [0.29, 0.717) is 0 Å². The van der Waals surface area contributed by atoms with Crippen LogP contribution < -0.4 is 49.1 Å². The molecule has 0 fully saturated rings. The van der Waals surface area contributed by atoms with Gasteiger partial charge in [0.25, 0.3) is 0 Å². The number of hydrogen-bond acceptors (Lipinski definition) is 11. The van der Waals surface area contributed by atoms with Crippen molar-refractivity contribution in [3.8, 4) is 0 Å². The fraction of sp³-hybridized carbons (Fsp3) is 0.706. The molecule has 8 amide bonds. The minimum absolute atomic E-state index is 0.0256. The molecule has 0 saturated carbocycles. The number of rotatable bonds is 26. The molecule has 7 atom stereocenters. The van der Waals surface area contributed by atoms with E-state index in [1.54, 1.807) is 41.5 Å². The van der Waals surface area contributed by atoms with Gasteiger partial charge < -0.3 is 59.3 Å². The lowest BCUT2D eigenvalue weighted by atomic mass is 10.0. The van der Waals surface area contributed by atoms with E-state index < -0.39 is 134 Å². The van der Waals surface area contributed by atoms with E-state index in [-0.39, 0.29) is 30.6 Å². The highest BCUT2D eigenvalue weighted by molar-refractivity contribution is 5.98. The first-order chi connectivity index (χ1) is 25.3. The monoisotopic (exact) mass is 785 g/mol. The Hall–Kier alpha value is -5.34. The lowest BCUT2D eigenvalue weighted by Gasteiger charge is -2.27. The summed E-state index contributed by atoms with van der Waals surface area (Å²) >= 11 is 0. The topological polar surface area (TPSA) is 361 Å². The lowest BCUT2D eigenvalue weighted by molar-refractivity contribution is -0.142. The van der Waals surface area contributed by atoms with E-state index in [0.717, 1.165) is 0 Å². The molecule has 14 N–H and O–H groups in total. The lowest BCUT2D eigenvalue weighted by Crippen LogP contribution is -2.60. The number of primary amides is 2. The fourth-order valence-corrected chi connectivity index (χ4v) is 4.96. The van der Waals surface area contributed by atoms with E-state index >= 15 is 0 Å². The zero-order valence-electron chi connectivity index (χ0n) is 32.4. The normalized spacial score (nSPS) is 15.0. The Balaban J connectivity index is 6.26. The third-order valence-electron chi connectivity index (χ3n) is 8.07. The smallest absolute Gasteiger partial charge is 0.326 e. The summed E-state index contributed by atoms with van der Waals surface area (Å²) < 4.78 is 0. The Morgan fingerprint density at radius 1 is 0.491 bits per heavy atom. The van der Waals surface area contributed by atoms with Crippen molar-refractivity contribution >= 4 is 59.2 Å². The fourth-order valence-electron chi connectivity index (χ4n) is 4.96. The molecule has 0 radical (unpaired) electrons. The molecule has 0 aromatic carbocycles. The highest BCUT2D eigenvalue weighted by Gasteiger charge is 2.34. The molecule has 0 aliphatic rings. The van der Waals surface area contributed by atoms with Gasteiger partial charge in [0, 0.05) is 12.8 Å². The van der Waals surface area contributed by atoms with Gasteiger partial charge in [0.15, 0.2) is 0 Å². The van der Waals surface area contributed by atoms with Crippen LogP contribution in [0.25, 0.3) is 0 Å². The Morgan fingerprint density at radius 2 is 0.891 bits per heavy atom. The maximum Gasteiger partial charge on any atom is 0.326 e. The minimum atomic E-state index is -1.77. The van der Waals surface area contributed by atoms with Crippen LogP contribution in [0.1, 0.15) is 93.4 Å². The molecule has 21 heteroatoms. The van der Waals surface area contributed by atoms with Crippen molar-refractivity contribution in [1.82, 2.24) is 31.9 Å². The van der Waals surface area contributed by atoms with Gasteiger partial charge in [-0.3, -0.25) is 43.2 Å². The van der Waals surface area contributed by atoms with Crippen molar-refractivity contribution in [2.75, 3.05) is 0 Å². The van der Waals surface area contributed by atoms with Gasteiger partial charge in [-0.2, -0.15) is 0 Å². The molecule has 0 aliphatic carbocycles. The zero-order valence-corrected chi connectivity index (χ0v) is 32.4. The van der Waals surface area contributed by atoms with Crippen LogP contribution in [0.4, 0.5) is 0 Å². The van der Waals surface area contributed by atoms with Gasteiger partial charge in [0.05, 0.1) is 12.5 Å². The third-order valence-corrected chi connectivity index (χ3v) is 8.07. The quantitative estimate of drug-likeness (QED) is 0.0419. The van der Waals surface area contributed by atoms with Crippen molar-refractivity contribution in [2.24, 2.45) is 35.0 Å². The Morgan fingerprint density at radius 3 is 1.33 bits per heavy atom. The maximum atomic E-state index is 13.6. The van der Waals surface area contributed by atoms with Crippen molar-refractivity contribution in [3.05, 3.63) is 0 Å². The average Bonchev–Trinajstić information content (AvgIpc) is 3.05. The standard InChI is InChI=1S/C34H59N9O12/c1-15(2)12-21(31(51)38-18(7)28(48)43-23(34(54)55)13-16(3)4)41-29(49)19(8-10-24(35)44)39-32(52)22(14-25(36)45)42-30(50)20(9-11-26(46)47)40-33(53)27(37)17(5)6/h15-23,27H,8-14,37H2,1-7H3,(H2,35,44)(H2,36,45)(H,38,51)(H,39,52)(H,40,53)(H,41,49)(H,42,50)(H,43,48)(H,46,47)(H,54,55)/t18-,19-,20-,21-,22-,23-,27-/m0/s1. The first-order valence-corrected chi connectivity index (χ1v) is 17.9. The van der Waals surface area contributed by atoms with Gasteiger partial charge in [-0.05, 0) is 50.4 Å². The first kappa shape index (κ1) is 49.7. The van der Waals surface area contributed by atoms with E-state index in [4.69, 9.17) is 22.3 Å². The van der Waals surface area contributed by atoms with E-state index in [1.165, 1.54) is 6.92 Å². The first-order valence-electron chi connectivity index (χ1n) is 17.9. The largest absolute Gasteiger partial charge is 0.481 e. The van der Waals surface area contributed by atoms with E-state index in [2.05, 4.69) is 31.9 Å². The predicted molar refractivity (Wildman–Crippen MR) is 196 cm³/mol. The summed E-state index contributed by atoms with van der Waals surface area (Å²) in [6, 6.07) is -9.70. The van der Waals surface area contributed by atoms with Crippen LogP contribution in [0, 0.1) is 17.8 Å². The molecule has 55 heavy (non-hydrogen) atoms. The summed E-state index contributed by atoms with van der Waals surface area (Å²) in [6.45, 7) is 11.6. The average molecular weight is 786 g/mol. The summed E-state index contributed by atoms with van der Waals surface area (Å²) in [7, 11) is 0. The van der Waals surface area contributed by atoms with Crippen molar-refractivity contribution in [1.29, 1.82) is 0 Å². The molecule has 0 aromatic rings. The van der Waals surface area contributed by atoms with Gasteiger partial charge in [-0.25, -0.2) is 4.79 Å².